The first-order valence-corrected chi connectivity index (χ1v) is 15.4. The maximum absolute atomic E-state index is 12.6. The van der Waals surface area contributed by atoms with Gasteiger partial charge in [-0.3, -0.25) is 15.0 Å². The van der Waals surface area contributed by atoms with Gasteiger partial charge in [-0.25, -0.2) is 14.6 Å². The fourth-order valence-corrected chi connectivity index (χ4v) is 6.71. The summed E-state index contributed by atoms with van der Waals surface area (Å²) in [5.74, 6) is 0.319. The van der Waals surface area contributed by atoms with Crippen LogP contribution in [0.25, 0.3) is 11.0 Å². The van der Waals surface area contributed by atoms with Crippen LogP contribution in [0.3, 0.4) is 0 Å². The number of hydrogen-bond donors (Lipinski definition) is 1. The summed E-state index contributed by atoms with van der Waals surface area (Å²) in [5.41, 5.74) is 2.30. The van der Waals surface area contributed by atoms with E-state index in [-0.39, 0.29) is 23.6 Å². The van der Waals surface area contributed by atoms with Gasteiger partial charge in [0.2, 0.25) is 5.91 Å². The van der Waals surface area contributed by atoms with Crippen LogP contribution in [0.4, 0.5) is 15.3 Å². The van der Waals surface area contributed by atoms with E-state index in [1.165, 1.54) is 18.4 Å². The minimum absolute atomic E-state index is 0.232. The molecule has 2 aromatic heterocycles. The van der Waals surface area contributed by atoms with Crippen molar-refractivity contribution in [3.63, 3.8) is 0 Å². The van der Waals surface area contributed by atoms with Gasteiger partial charge >= 0.3 is 12.1 Å². The van der Waals surface area contributed by atoms with Crippen molar-refractivity contribution >= 4 is 34.8 Å². The lowest BCUT2D eigenvalue weighted by atomic mass is 9.89. The summed E-state index contributed by atoms with van der Waals surface area (Å²) in [6, 6.07) is 2.07. The molecule has 3 aliphatic heterocycles. The molecule has 0 unspecified atom stereocenters. The van der Waals surface area contributed by atoms with Crippen molar-refractivity contribution in [3.8, 4) is 0 Å². The monoisotopic (exact) mass is 580 g/mol. The minimum atomic E-state index is -0.495. The Hall–Kier alpha value is -3.18. The van der Waals surface area contributed by atoms with Crippen LogP contribution in [0, 0.1) is 0 Å². The quantitative estimate of drug-likeness (QED) is 0.539. The highest BCUT2D eigenvalue weighted by atomic mass is 16.6. The van der Waals surface area contributed by atoms with E-state index in [2.05, 4.69) is 27.0 Å². The third kappa shape index (κ3) is 5.99. The molecule has 4 amide bonds. The Bertz CT molecular complexity index is 1350. The fourth-order valence-electron chi connectivity index (χ4n) is 6.71. The lowest BCUT2D eigenvalue weighted by Gasteiger charge is -2.45. The Morgan fingerprint density at radius 1 is 1.07 bits per heavy atom. The SMILES string of the molecule is COC1(CN2CCC(n3cc(C4CC4)c4cc(N5CCC(=O)NC5=O)cnc43)CC2)CCN(C(=O)OC(C)(C)C)CC1. The molecule has 0 radical (unpaired) electrons. The average Bonchev–Trinajstić information content (AvgIpc) is 3.73. The summed E-state index contributed by atoms with van der Waals surface area (Å²) in [6.45, 7) is 10.2. The van der Waals surface area contributed by atoms with E-state index in [1.807, 2.05) is 20.8 Å². The van der Waals surface area contributed by atoms with Gasteiger partial charge in [-0.2, -0.15) is 0 Å². The molecule has 1 N–H and O–H groups in total. The van der Waals surface area contributed by atoms with Gasteiger partial charge in [0.1, 0.15) is 11.2 Å². The first kappa shape index (κ1) is 28.9. The highest BCUT2D eigenvalue weighted by Crippen LogP contribution is 2.45. The number of nitrogens with one attached hydrogen (secondary N) is 1. The van der Waals surface area contributed by atoms with E-state index in [0.29, 0.717) is 38.0 Å². The molecule has 4 aliphatic rings. The zero-order valence-corrected chi connectivity index (χ0v) is 25.4. The number of urea groups is 1. The molecule has 3 saturated heterocycles. The number of nitrogens with zero attached hydrogens (tertiary/aromatic N) is 5. The van der Waals surface area contributed by atoms with Crippen molar-refractivity contribution in [2.24, 2.45) is 0 Å². The Balaban J connectivity index is 1.11. The number of ether oxygens (including phenoxy) is 2. The van der Waals surface area contributed by atoms with Gasteiger partial charge in [-0.15, -0.1) is 0 Å². The van der Waals surface area contributed by atoms with Crippen LogP contribution in [-0.4, -0.2) is 95.0 Å². The van der Waals surface area contributed by atoms with E-state index in [1.54, 1.807) is 23.1 Å². The molecular weight excluding hydrogens is 536 g/mol. The number of aromatic nitrogens is 2. The van der Waals surface area contributed by atoms with Crippen LogP contribution in [0.1, 0.15) is 83.2 Å². The summed E-state index contributed by atoms with van der Waals surface area (Å²) in [6.07, 6.45) is 10.1. The maximum Gasteiger partial charge on any atom is 0.410 e. The third-order valence-corrected chi connectivity index (χ3v) is 9.29. The number of carbonyl (C=O) groups is 3. The number of hydrogen-bond acceptors (Lipinski definition) is 7. The van der Waals surface area contributed by atoms with Crippen LogP contribution in [-0.2, 0) is 14.3 Å². The summed E-state index contributed by atoms with van der Waals surface area (Å²) in [7, 11) is 1.80. The number of fused-ring (bicyclic) bond motifs is 1. The molecule has 1 saturated carbocycles. The molecule has 4 fully saturated rings. The molecule has 228 valence electrons. The molecule has 2 aromatic rings. The van der Waals surface area contributed by atoms with Crippen LogP contribution in [0.15, 0.2) is 18.5 Å². The Morgan fingerprint density at radius 3 is 2.40 bits per heavy atom. The normalized spacial score (nSPS) is 22.5. The number of methoxy groups -OCH3 is 1. The van der Waals surface area contributed by atoms with Crippen molar-refractivity contribution in [2.75, 3.05) is 51.3 Å². The number of rotatable bonds is 6. The van der Waals surface area contributed by atoms with E-state index >= 15 is 0 Å². The summed E-state index contributed by atoms with van der Waals surface area (Å²) in [4.78, 5) is 47.5. The van der Waals surface area contributed by atoms with Crippen molar-refractivity contribution in [1.29, 1.82) is 0 Å². The van der Waals surface area contributed by atoms with E-state index in [0.717, 1.165) is 62.0 Å². The standard InChI is InChI=1S/C31H44N6O5/c1-30(2,3)42-29(40)35-15-10-31(41-4,11-16-35)20-34-12-7-22(8-13-34)37-19-25(21-5-6-21)24-17-23(18-32-27(24)37)36-14-9-26(38)33-28(36)39/h17-19,21-22H,5-16,20H2,1-4H3,(H,33,38,39). The van der Waals surface area contributed by atoms with E-state index in [4.69, 9.17) is 14.5 Å². The van der Waals surface area contributed by atoms with Gasteiger partial charge in [0, 0.05) is 70.4 Å². The second-order valence-electron chi connectivity index (χ2n) is 13.4. The third-order valence-electron chi connectivity index (χ3n) is 9.29. The number of likely N-dealkylation sites (tertiary alicyclic amines) is 2. The number of carbonyl (C=O) groups excluding carboxylic acids is 3. The van der Waals surface area contributed by atoms with Gasteiger partial charge in [-0.1, -0.05) is 0 Å². The second kappa shape index (κ2) is 11.1. The predicted octanol–water partition coefficient (Wildman–Crippen LogP) is 4.41. The molecule has 42 heavy (non-hydrogen) atoms. The second-order valence-corrected chi connectivity index (χ2v) is 13.4. The fraction of sp³-hybridized carbons (Fsp3) is 0.677. The zero-order valence-electron chi connectivity index (χ0n) is 25.4. The smallest absolute Gasteiger partial charge is 0.410 e. The Kier molecular flexibility index (Phi) is 7.67. The summed E-state index contributed by atoms with van der Waals surface area (Å²) in [5, 5.41) is 3.54. The molecule has 5 heterocycles. The van der Waals surface area contributed by atoms with Gasteiger partial charge in [0.15, 0.2) is 0 Å². The van der Waals surface area contributed by atoms with Crippen LogP contribution in [0.5, 0.6) is 0 Å². The number of pyridine rings is 1. The van der Waals surface area contributed by atoms with Crippen molar-refractivity contribution in [2.45, 2.75) is 88.9 Å². The van der Waals surface area contributed by atoms with Crippen molar-refractivity contribution in [3.05, 3.63) is 24.0 Å². The van der Waals surface area contributed by atoms with Crippen molar-refractivity contribution in [1.82, 2.24) is 24.7 Å². The Labute approximate surface area is 247 Å². The minimum Gasteiger partial charge on any atom is -0.444 e. The molecule has 0 bridgehead atoms. The molecule has 11 heteroatoms. The highest BCUT2D eigenvalue weighted by Gasteiger charge is 2.40. The van der Waals surface area contributed by atoms with Crippen molar-refractivity contribution < 1.29 is 23.9 Å². The molecular formula is C31H44N6O5. The highest BCUT2D eigenvalue weighted by molar-refractivity contribution is 6.06. The largest absolute Gasteiger partial charge is 0.444 e. The number of amides is 4. The van der Waals surface area contributed by atoms with Crippen LogP contribution in [0.2, 0.25) is 0 Å². The first-order valence-electron chi connectivity index (χ1n) is 15.4. The molecule has 0 spiro atoms. The summed E-state index contributed by atoms with van der Waals surface area (Å²) < 4.78 is 14.1. The Morgan fingerprint density at radius 2 is 1.79 bits per heavy atom. The molecule has 0 aromatic carbocycles. The molecule has 11 nitrogen and oxygen atoms in total. The lowest BCUT2D eigenvalue weighted by molar-refractivity contribution is -0.120. The topological polar surface area (TPSA) is 109 Å². The number of imide groups is 1. The van der Waals surface area contributed by atoms with Gasteiger partial charge in [0.05, 0.1) is 17.5 Å². The van der Waals surface area contributed by atoms with E-state index in [9.17, 15) is 14.4 Å². The van der Waals surface area contributed by atoms with E-state index < -0.39 is 5.60 Å². The number of anilines is 1. The maximum atomic E-state index is 12.6. The number of piperidine rings is 2. The average molecular weight is 581 g/mol. The van der Waals surface area contributed by atoms with Crippen LogP contribution < -0.4 is 10.2 Å². The molecule has 0 atom stereocenters. The molecule has 1 aliphatic carbocycles. The van der Waals surface area contributed by atoms with Crippen LogP contribution >= 0.6 is 0 Å². The first-order chi connectivity index (χ1) is 20.0. The van der Waals surface area contributed by atoms with Gasteiger partial charge in [-0.05, 0) is 76.8 Å². The van der Waals surface area contributed by atoms with Gasteiger partial charge < -0.3 is 23.8 Å². The predicted molar refractivity (Wildman–Crippen MR) is 159 cm³/mol. The van der Waals surface area contributed by atoms with Gasteiger partial charge in [0.25, 0.3) is 0 Å². The summed E-state index contributed by atoms with van der Waals surface area (Å²) >= 11 is 0. The molecule has 6 rings (SSSR count). The zero-order chi connectivity index (χ0) is 29.6. The lowest BCUT2D eigenvalue weighted by Crippen LogP contribution is -2.54.